The first kappa shape index (κ1) is 20.4. The molecule has 0 radical (unpaired) electrons. The van der Waals surface area contributed by atoms with Crippen LogP contribution in [0.15, 0.2) is 0 Å². The maximum absolute atomic E-state index is 7.51. The second-order valence-corrected chi connectivity index (χ2v) is 10.1. The van der Waals surface area contributed by atoms with Gasteiger partial charge in [-0.15, -0.1) is 0 Å². The average Bonchev–Trinajstić information content (AvgIpc) is 1.86. The monoisotopic (exact) mass is 284 g/mol. The average molecular weight is 286 g/mol. The quantitative estimate of drug-likeness (QED) is 0.400. The van der Waals surface area contributed by atoms with Crippen molar-refractivity contribution in [3.05, 3.63) is 6.42 Å². The summed E-state index contributed by atoms with van der Waals surface area (Å²) in [5.41, 5.74) is 4.81. The Morgan fingerprint density at radius 1 is 0.857 bits per heavy atom. The molecule has 0 spiro atoms. The van der Waals surface area contributed by atoms with Crippen LogP contribution < -0.4 is 17.0 Å². The molecule has 0 aliphatic heterocycles. The summed E-state index contributed by atoms with van der Waals surface area (Å²) in [6.07, 6.45) is 7.51. The van der Waals surface area contributed by atoms with E-state index in [2.05, 4.69) is 47.1 Å². The molecule has 0 N–H and O–H groups in total. The van der Waals surface area contributed by atoms with Crippen molar-refractivity contribution in [2.45, 2.75) is 58.2 Å². The second-order valence-electron chi connectivity index (χ2n) is 4.52. The Morgan fingerprint density at radius 2 is 1.07 bits per heavy atom. The summed E-state index contributed by atoms with van der Waals surface area (Å²) in [6.45, 7) is 13.5. The van der Waals surface area contributed by atoms with Crippen molar-refractivity contribution in [2.75, 3.05) is 0 Å². The summed E-state index contributed by atoms with van der Waals surface area (Å²) in [7, 11) is -1.58. The van der Waals surface area contributed by atoms with Crippen molar-refractivity contribution in [1.29, 1.82) is 0 Å². The van der Waals surface area contributed by atoms with Gasteiger partial charge in [0.2, 0.25) is 0 Å². The third-order valence-corrected chi connectivity index (χ3v) is 9.25. The molecule has 0 heterocycles. The van der Waals surface area contributed by atoms with Crippen LogP contribution in [0.3, 0.4) is 0 Å². The predicted octanol–water partition coefficient (Wildman–Crippen LogP) is 0.417. The topological polar surface area (TPSA) is 0 Å². The van der Waals surface area contributed by atoms with Crippen molar-refractivity contribution < 1.29 is 17.0 Å². The molecule has 0 nitrogen and oxygen atoms in total. The van der Waals surface area contributed by atoms with Gasteiger partial charge < -0.3 is 28.9 Å². The molecule has 0 atom stereocenters. The predicted molar refractivity (Wildman–Crippen MR) is 63.9 cm³/mol. The third-order valence-electron chi connectivity index (χ3n) is 3.08. The standard InChI is InChI=1S/C11H21Si.BrH.Mg/c1-8-12(9(2)3,10(4)5)11(6)7;;/h9-11H,2-7H3;1H;/q-1;;+2/p-1. The van der Waals surface area contributed by atoms with E-state index in [1.165, 1.54) is 0 Å². The van der Waals surface area contributed by atoms with Crippen molar-refractivity contribution >= 4 is 31.1 Å². The van der Waals surface area contributed by atoms with Crippen molar-refractivity contribution in [2.24, 2.45) is 0 Å². The first-order valence-corrected chi connectivity index (χ1v) is 7.06. The van der Waals surface area contributed by atoms with Gasteiger partial charge >= 0.3 is 23.1 Å². The fourth-order valence-corrected chi connectivity index (χ4v) is 7.30. The Balaban J connectivity index is -0.000000605. The first-order chi connectivity index (χ1) is 5.39. The van der Waals surface area contributed by atoms with Gasteiger partial charge in [-0.05, 0) is 16.6 Å². The molecule has 14 heavy (non-hydrogen) atoms. The van der Waals surface area contributed by atoms with Crippen molar-refractivity contribution in [1.82, 2.24) is 0 Å². The van der Waals surface area contributed by atoms with Crippen LogP contribution in [0.4, 0.5) is 0 Å². The smallest absolute Gasteiger partial charge is 1.00 e. The minimum absolute atomic E-state index is 0. The van der Waals surface area contributed by atoms with Gasteiger partial charge in [-0.2, -0.15) is 0 Å². The van der Waals surface area contributed by atoms with Crippen molar-refractivity contribution in [3.63, 3.8) is 0 Å². The van der Waals surface area contributed by atoms with E-state index in [0.29, 0.717) is 16.6 Å². The van der Waals surface area contributed by atoms with Gasteiger partial charge in [-0.25, -0.2) is 0 Å². The van der Waals surface area contributed by atoms with E-state index >= 15 is 0 Å². The van der Waals surface area contributed by atoms with Crippen molar-refractivity contribution in [3.8, 4) is 5.54 Å². The van der Waals surface area contributed by atoms with Gasteiger partial charge in [-0.1, -0.05) is 41.5 Å². The molecular weight excluding hydrogens is 264 g/mol. The summed E-state index contributed by atoms with van der Waals surface area (Å²) in [4.78, 5) is 0. The van der Waals surface area contributed by atoms with E-state index in [4.69, 9.17) is 6.42 Å². The summed E-state index contributed by atoms with van der Waals surface area (Å²) < 4.78 is 0. The summed E-state index contributed by atoms with van der Waals surface area (Å²) >= 11 is 0. The fraction of sp³-hybridized carbons (Fsp3) is 0.818. The van der Waals surface area contributed by atoms with Crippen LogP contribution in [0, 0.1) is 12.0 Å². The van der Waals surface area contributed by atoms with Gasteiger partial charge in [0.25, 0.3) is 0 Å². The van der Waals surface area contributed by atoms with Crippen LogP contribution in [0.5, 0.6) is 0 Å². The molecule has 0 aromatic rings. The molecule has 0 saturated carbocycles. The minimum atomic E-state index is -1.58. The van der Waals surface area contributed by atoms with E-state index in [0.717, 1.165) is 0 Å². The molecule has 0 bridgehead atoms. The Morgan fingerprint density at radius 3 is 1.07 bits per heavy atom. The normalized spacial score (nSPS) is 10.9. The number of hydrogen-bond acceptors (Lipinski definition) is 0. The van der Waals surface area contributed by atoms with E-state index in [9.17, 15) is 0 Å². The molecule has 0 amide bonds. The Bertz CT molecular complexity index is 160. The van der Waals surface area contributed by atoms with Crippen LogP contribution in [0.1, 0.15) is 41.5 Å². The minimum Gasteiger partial charge on any atom is -1.00 e. The van der Waals surface area contributed by atoms with E-state index in [1.807, 2.05) is 0 Å². The summed E-state index contributed by atoms with van der Waals surface area (Å²) in [6, 6.07) is 0. The Labute approximate surface area is 118 Å². The van der Waals surface area contributed by atoms with E-state index < -0.39 is 8.07 Å². The zero-order valence-electron chi connectivity index (χ0n) is 10.3. The molecular formula is C11H21BrMgSi. The first-order valence-electron chi connectivity index (χ1n) is 4.83. The van der Waals surface area contributed by atoms with Crippen LogP contribution in [0.25, 0.3) is 0 Å². The van der Waals surface area contributed by atoms with Crippen LogP contribution >= 0.6 is 0 Å². The van der Waals surface area contributed by atoms with Gasteiger partial charge in [0.05, 0.1) is 8.07 Å². The zero-order valence-corrected chi connectivity index (χ0v) is 14.3. The maximum Gasteiger partial charge on any atom is 2.00 e. The molecule has 0 rings (SSSR count). The molecule has 0 aliphatic carbocycles. The zero-order chi connectivity index (χ0) is 9.94. The maximum atomic E-state index is 7.51. The van der Waals surface area contributed by atoms with Crippen LogP contribution in [-0.4, -0.2) is 31.1 Å². The number of hydrogen-bond donors (Lipinski definition) is 0. The summed E-state index contributed by atoms with van der Waals surface area (Å²) in [5, 5.41) is 0. The third kappa shape index (κ3) is 3.88. The van der Waals surface area contributed by atoms with E-state index in [-0.39, 0.29) is 40.0 Å². The Hall–Kier alpha value is 1.02. The number of rotatable bonds is 3. The SMILES string of the molecule is [Br-].[C-]#C[Si](C(C)C)(C(C)C)C(C)C.[Mg+2]. The molecule has 0 aromatic carbocycles. The van der Waals surface area contributed by atoms with Gasteiger partial charge in [-0.3, -0.25) is 0 Å². The molecule has 78 valence electrons. The molecule has 0 unspecified atom stereocenters. The number of halogens is 1. The molecule has 0 saturated heterocycles. The Kier molecular flexibility index (Phi) is 12.0. The molecule has 0 fully saturated rings. The molecule has 3 heteroatoms. The van der Waals surface area contributed by atoms with Gasteiger partial charge in [0.15, 0.2) is 0 Å². The van der Waals surface area contributed by atoms with Crippen LogP contribution in [-0.2, 0) is 0 Å². The largest absolute Gasteiger partial charge is 2.00 e. The van der Waals surface area contributed by atoms with E-state index in [1.54, 1.807) is 0 Å². The second kappa shape index (κ2) is 8.21. The van der Waals surface area contributed by atoms with Gasteiger partial charge in [0.1, 0.15) is 0 Å². The fourth-order valence-electron chi connectivity index (χ4n) is 2.43. The molecule has 0 aliphatic rings. The molecule has 0 aromatic heterocycles. The van der Waals surface area contributed by atoms with Gasteiger partial charge in [0, 0.05) is 0 Å². The summed E-state index contributed by atoms with van der Waals surface area (Å²) in [5.74, 6) is 0. The van der Waals surface area contributed by atoms with Crippen LogP contribution in [0.2, 0.25) is 16.6 Å².